The Bertz CT molecular complexity index is 909. The molecule has 1 rings (SSSR count). The Morgan fingerprint density at radius 1 is 0.705 bits per heavy atom. The SMILES string of the molecule is CCCCCCCCCCCC(=O)NC(CCCCNC(=O)CCOCCOCCNC(=O)CN1C(=O)C=CC1=O)C(N)=O. The molecule has 1 unspecified atom stereocenters. The molecule has 44 heavy (non-hydrogen) atoms. The molecule has 0 saturated carbocycles. The van der Waals surface area contributed by atoms with Crippen LogP contribution in [0.15, 0.2) is 12.2 Å². The first-order chi connectivity index (χ1) is 21.2. The number of nitrogens with zero attached hydrogens (tertiary/aromatic N) is 1. The molecule has 13 nitrogen and oxygen atoms in total. The van der Waals surface area contributed by atoms with E-state index in [9.17, 15) is 28.8 Å². The Balaban J connectivity index is 1.95. The van der Waals surface area contributed by atoms with Crippen molar-refractivity contribution in [1.82, 2.24) is 20.9 Å². The van der Waals surface area contributed by atoms with Crippen LogP contribution in [-0.2, 0) is 38.2 Å². The van der Waals surface area contributed by atoms with E-state index < -0.39 is 29.7 Å². The number of imide groups is 1. The van der Waals surface area contributed by atoms with Crippen LogP contribution in [-0.4, -0.2) is 92.4 Å². The van der Waals surface area contributed by atoms with Gasteiger partial charge in [0.1, 0.15) is 12.6 Å². The van der Waals surface area contributed by atoms with Gasteiger partial charge >= 0.3 is 0 Å². The number of nitrogens with one attached hydrogen (secondary N) is 3. The van der Waals surface area contributed by atoms with Crippen LogP contribution in [0.5, 0.6) is 0 Å². The van der Waals surface area contributed by atoms with Crippen molar-refractivity contribution in [3.63, 3.8) is 0 Å². The topological polar surface area (TPSA) is 186 Å². The minimum absolute atomic E-state index is 0.148. The van der Waals surface area contributed by atoms with E-state index in [0.717, 1.165) is 36.3 Å². The largest absolute Gasteiger partial charge is 0.379 e. The summed E-state index contributed by atoms with van der Waals surface area (Å²) in [6, 6.07) is -0.701. The van der Waals surface area contributed by atoms with Crippen molar-refractivity contribution in [3.05, 3.63) is 12.2 Å². The monoisotopic (exact) mass is 623 g/mol. The highest BCUT2D eigenvalue weighted by Crippen LogP contribution is 2.11. The van der Waals surface area contributed by atoms with Gasteiger partial charge in [-0.05, 0) is 25.7 Å². The van der Waals surface area contributed by atoms with Crippen LogP contribution < -0.4 is 21.7 Å². The summed E-state index contributed by atoms with van der Waals surface area (Å²) in [6.07, 6.45) is 15.1. The third-order valence-electron chi connectivity index (χ3n) is 7.04. The zero-order valence-electron chi connectivity index (χ0n) is 26.4. The minimum atomic E-state index is -0.701. The molecule has 1 atom stereocenters. The maximum absolute atomic E-state index is 12.2. The van der Waals surface area contributed by atoms with Crippen LogP contribution in [0.3, 0.4) is 0 Å². The van der Waals surface area contributed by atoms with Crippen LogP contribution in [0.4, 0.5) is 0 Å². The Labute approximate surface area is 261 Å². The van der Waals surface area contributed by atoms with Crippen molar-refractivity contribution in [2.75, 3.05) is 46.1 Å². The highest BCUT2D eigenvalue weighted by Gasteiger charge is 2.25. The molecule has 0 spiro atoms. The molecule has 0 aromatic rings. The Morgan fingerprint density at radius 3 is 1.93 bits per heavy atom. The Morgan fingerprint density at radius 2 is 1.30 bits per heavy atom. The lowest BCUT2D eigenvalue weighted by atomic mass is 10.1. The summed E-state index contributed by atoms with van der Waals surface area (Å²) in [6.45, 7) is 3.56. The first kappa shape index (κ1) is 38.7. The summed E-state index contributed by atoms with van der Waals surface area (Å²) in [7, 11) is 0. The molecule has 0 bridgehead atoms. The quantitative estimate of drug-likeness (QED) is 0.0748. The third kappa shape index (κ3) is 19.8. The number of carbonyl (C=O) groups excluding carboxylic acids is 6. The van der Waals surface area contributed by atoms with E-state index >= 15 is 0 Å². The first-order valence-corrected chi connectivity index (χ1v) is 16.1. The van der Waals surface area contributed by atoms with Gasteiger partial charge in [-0.25, -0.2) is 0 Å². The Kier molecular flexibility index (Phi) is 22.0. The fourth-order valence-corrected chi connectivity index (χ4v) is 4.47. The molecule has 1 aliphatic heterocycles. The molecule has 0 radical (unpaired) electrons. The maximum atomic E-state index is 12.2. The van der Waals surface area contributed by atoms with Gasteiger partial charge in [-0.2, -0.15) is 0 Å². The highest BCUT2D eigenvalue weighted by molar-refractivity contribution is 6.14. The van der Waals surface area contributed by atoms with Crippen molar-refractivity contribution in [2.45, 2.75) is 103 Å². The minimum Gasteiger partial charge on any atom is -0.379 e. The van der Waals surface area contributed by atoms with Gasteiger partial charge in [0.25, 0.3) is 11.8 Å². The van der Waals surface area contributed by atoms with Gasteiger partial charge in [0.2, 0.25) is 23.6 Å². The second-order valence-electron chi connectivity index (χ2n) is 10.9. The molecule has 0 aliphatic carbocycles. The summed E-state index contributed by atoms with van der Waals surface area (Å²) in [5, 5.41) is 8.11. The summed E-state index contributed by atoms with van der Waals surface area (Å²) < 4.78 is 10.7. The van der Waals surface area contributed by atoms with Crippen LogP contribution in [0.2, 0.25) is 0 Å². The molecule has 6 amide bonds. The van der Waals surface area contributed by atoms with Crippen molar-refractivity contribution in [2.24, 2.45) is 5.73 Å². The molecule has 0 aromatic carbocycles. The fraction of sp³-hybridized carbons (Fsp3) is 0.742. The van der Waals surface area contributed by atoms with Crippen LogP contribution in [0.1, 0.15) is 96.8 Å². The number of nitrogens with two attached hydrogens (primary N) is 1. The van der Waals surface area contributed by atoms with Gasteiger partial charge in [-0.3, -0.25) is 33.7 Å². The molecule has 1 heterocycles. The summed E-state index contributed by atoms with van der Waals surface area (Å²) in [5.74, 6) is -2.33. The predicted octanol–water partition coefficient (Wildman–Crippen LogP) is 1.63. The number of hydrogen-bond donors (Lipinski definition) is 4. The van der Waals surface area contributed by atoms with E-state index in [-0.39, 0.29) is 57.8 Å². The third-order valence-corrected chi connectivity index (χ3v) is 7.04. The maximum Gasteiger partial charge on any atom is 0.254 e. The van der Waals surface area contributed by atoms with Gasteiger partial charge in [-0.1, -0.05) is 58.3 Å². The van der Waals surface area contributed by atoms with Crippen molar-refractivity contribution < 1.29 is 38.2 Å². The number of rotatable bonds is 28. The van der Waals surface area contributed by atoms with Crippen molar-refractivity contribution in [3.8, 4) is 0 Å². The summed E-state index contributed by atoms with van der Waals surface area (Å²) in [4.78, 5) is 71.4. The molecule has 0 saturated heterocycles. The first-order valence-electron chi connectivity index (χ1n) is 16.1. The molecule has 1 aliphatic rings. The lowest BCUT2D eigenvalue weighted by molar-refractivity contribution is -0.141. The predicted molar refractivity (Wildman–Crippen MR) is 165 cm³/mol. The van der Waals surface area contributed by atoms with E-state index in [1.807, 2.05) is 0 Å². The normalized spacial score (nSPS) is 13.2. The zero-order chi connectivity index (χ0) is 32.4. The smallest absolute Gasteiger partial charge is 0.254 e. The lowest BCUT2D eigenvalue weighted by Gasteiger charge is -2.15. The standard InChI is InChI=1S/C31H53N5O8/c1-2-3-4-5-6-7-8-9-10-14-27(38)35-25(31(32)42)13-11-12-18-33-26(37)17-20-43-22-23-44-21-19-34-28(39)24-36-29(40)15-16-30(36)41/h15-16,25H,2-14,17-24H2,1H3,(H2,32,42)(H,33,37)(H,34,39)(H,35,38). The lowest BCUT2D eigenvalue weighted by Crippen LogP contribution is -2.44. The molecule has 5 N–H and O–H groups in total. The van der Waals surface area contributed by atoms with E-state index in [1.54, 1.807) is 0 Å². The van der Waals surface area contributed by atoms with E-state index in [0.29, 0.717) is 32.2 Å². The van der Waals surface area contributed by atoms with Gasteiger partial charge in [-0.15, -0.1) is 0 Å². The van der Waals surface area contributed by atoms with Gasteiger partial charge < -0.3 is 31.2 Å². The average Bonchev–Trinajstić information content (AvgIpc) is 3.30. The second kappa shape index (κ2) is 25.1. The zero-order valence-corrected chi connectivity index (χ0v) is 26.4. The summed E-state index contributed by atoms with van der Waals surface area (Å²) >= 11 is 0. The molecular weight excluding hydrogens is 570 g/mol. The average molecular weight is 624 g/mol. The number of hydrogen-bond acceptors (Lipinski definition) is 8. The second-order valence-corrected chi connectivity index (χ2v) is 10.9. The molecule has 0 fully saturated rings. The van der Waals surface area contributed by atoms with Crippen molar-refractivity contribution in [1.29, 1.82) is 0 Å². The van der Waals surface area contributed by atoms with E-state index in [4.69, 9.17) is 15.2 Å². The van der Waals surface area contributed by atoms with E-state index in [2.05, 4.69) is 22.9 Å². The number of primary amides is 1. The highest BCUT2D eigenvalue weighted by atomic mass is 16.5. The molecule has 250 valence electrons. The van der Waals surface area contributed by atoms with Crippen LogP contribution in [0.25, 0.3) is 0 Å². The Hall–Kier alpha value is -3.32. The van der Waals surface area contributed by atoms with Crippen LogP contribution in [0, 0.1) is 0 Å². The number of ether oxygens (including phenoxy) is 2. The molecule has 0 aromatic heterocycles. The van der Waals surface area contributed by atoms with Gasteiger partial charge in [0.05, 0.1) is 26.4 Å². The summed E-state index contributed by atoms with van der Waals surface area (Å²) in [5.41, 5.74) is 5.47. The number of unbranched alkanes of at least 4 members (excludes halogenated alkanes) is 9. The number of carbonyl (C=O) groups is 6. The fourth-order valence-electron chi connectivity index (χ4n) is 4.47. The number of amides is 6. The van der Waals surface area contributed by atoms with Gasteiger partial charge in [0.15, 0.2) is 0 Å². The molecule has 13 heteroatoms. The van der Waals surface area contributed by atoms with E-state index in [1.165, 1.54) is 38.5 Å². The van der Waals surface area contributed by atoms with Crippen molar-refractivity contribution >= 4 is 35.4 Å². The van der Waals surface area contributed by atoms with Crippen LogP contribution >= 0.6 is 0 Å². The van der Waals surface area contributed by atoms with Gasteiger partial charge in [0, 0.05) is 38.1 Å². The molecular formula is C31H53N5O8.